The number of nitrogens with one attached hydrogen (secondary N) is 1. The summed E-state index contributed by atoms with van der Waals surface area (Å²) in [5.41, 5.74) is 3.78. The summed E-state index contributed by atoms with van der Waals surface area (Å²) >= 11 is 1.35. The van der Waals surface area contributed by atoms with Crippen molar-refractivity contribution >= 4 is 23.4 Å². The van der Waals surface area contributed by atoms with E-state index in [4.69, 9.17) is 5.11 Å². The molecule has 0 atom stereocenters. The first-order chi connectivity index (χ1) is 9.99. The molecule has 0 radical (unpaired) electrons. The Hall–Kier alpha value is -1.79. The quantitative estimate of drug-likeness (QED) is 0.832. The van der Waals surface area contributed by atoms with Gasteiger partial charge in [-0.1, -0.05) is 17.8 Å². The van der Waals surface area contributed by atoms with Crippen molar-refractivity contribution in [3.8, 4) is 0 Å². The number of aromatic nitrogens is 2. The number of aryl methyl sites for hydroxylation is 2. The molecular weight excluding hydrogens is 286 g/mol. The zero-order chi connectivity index (χ0) is 15.4. The SMILES string of the molecule is Cc1cc(C)cc(NC(=O)CSc2ncc(CO)n2C)c1. The first-order valence-corrected chi connectivity index (χ1v) is 7.60. The van der Waals surface area contributed by atoms with Crippen molar-refractivity contribution in [2.75, 3.05) is 11.1 Å². The molecule has 0 saturated carbocycles. The number of aliphatic hydroxyl groups is 1. The van der Waals surface area contributed by atoms with Crippen molar-refractivity contribution in [3.63, 3.8) is 0 Å². The molecule has 1 aromatic carbocycles. The third kappa shape index (κ3) is 4.09. The van der Waals surface area contributed by atoms with Gasteiger partial charge in [0, 0.05) is 12.7 Å². The number of aliphatic hydroxyl groups excluding tert-OH is 1. The maximum atomic E-state index is 12.0. The predicted octanol–water partition coefficient (Wildman–Crippen LogP) is 2.26. The summed E-state index contributed by atoms with van der Waals surface area (Å²) in [7, 11) is 1.82. The standard InChI is InChI=1S/C15H19N3O2S/c1-10-4-11(2)6-12(5-10)17-14(20)9-21-15-16-7-13(8-19)18(15)3/h4-7,19H,8-9H2,1-3H3,(H,17,20). The van der Waals surface area contributed by atoms with Crippen molar-refractivity contribution in [2.45, 2.75) is 25.6 Å². The summed E-state index contributed by atoms with van der Waals surface area (Å²) in [5, 5.41) is 12.7. The molecule has 0 aliphatic rings. The number of anilines is 1. The average molecular weight is 305 g/mol. The van der Waals surface area contributed by atoms with Crippen molar-refractivity contribution in [3.05, 3.63) is 41.2 Å². The Kier molecular flexibility index (Phi) is 5.03. The Morgan fingerprint density at radius 3 is 2.57 bits per heavy atom. The van der Waals surface area contributed by atoms with Crippen LogP contribution in [-0.4, -0.2) is 26.3 Å². The molecular formula is C15H19N3O2S. The van der Waals surface area contributed by atoms with E-state index < -0.39 is 0 Å². The van der Waals surface area contributed by atoms with E-state index in [0.29, 0.717) is 0 Å². The maximum absolute atomic E-state index is 12.0. The van der Waals surface area contributed by atoms with E-state index in [1.54, 1.807) is 10.8 Å². The molecule has 2 N–H and O–H groups in total. The number of rotatable bonds is 5. The summed E-state index contributed by atoms with van der Waals surface area (Å²) in [6.07, 6.45) is 1.62. The molecule has 0 spiro atoms. The number of amides is 1. The van der Waals surface area contributed by atoms with E-state index in [2.05, 4.69) is 16.4 Å². The summed E-state index contributed by atoms with van der Waals surface area (Å²) in [4.78, 5) is 16.2. The lowest BCUT2D eigenvalue weighted by atomic mass is 10.1. The topological polar surface area (TPSA) is 67.2 Å². The second-order valence-corrected chi connectivity index (χ2v) is 5.90. The van der Waals surface area contributed by atoms with Gasteiger partial charge in [0.1, 0.15) is 0 Å². The van der Waals surface area contributed by atoms with E-state index in [0.717, 1.165) is 27.7 Å². The highest BCUT2D eigenvalue weighted by atomic mass is 32.2. The molecule has 1 heterocycles. The first kappa shape index (κ1) is 15.6. The summed E-state index contributed by atoms with van der Waals surface area (Å²) in [6.45, 7) is 3.95. The second-order valence-electron chi connectivity index (χ2n) is 4.96. The number of imidazole rings is 1. The van der Waals surface area contributed by atoms with Gasteiger partial charge in [-0.25, -0.2) is 4.98 Å². The lowest BCUT2D eigenvalue weighted by molar-refractivity contribution is -0.113. The predicted molar refractivity (Wildman–Crippen MR) is 84.4 cm³/mol. The van der Waals surface area contributed by atoms with Crippen LogP contribution >= 0.6 is 11.8 Å². The Morgan fingerprint density at radius 2 is 2.00 bits per heavy atom. The van der Waals surface area contributed by atoms with Crippen LogP contribution < -0.4 is 5.32 Å². The van der Waals surface area contributed by atoms with Gasteiger partial charge in [0.25, 0.3) is 0 Å². The van der Waals surface area contributed by atoms with Crippen molar-refractivity contribution in [2.24, 2.45) is 7.05 Å². The van der Waals surface area contributed by atoms with Gasteiger partial charge in [-0.15, -0.1) is 0 Å². The van der Waals surface area contributed by atoms with Gasteiger partial charge < -0.3 is 15.0 Å². The molecule has 21 heavy (non-hydrogen) atoms. The van der Waals surface area contributed by atoms with Gasteiger partial charge in [-0.3, -0.25) is 4.79 Å². The van der Waals surface area contributed by atoms with Crippen LogP contribution in [0.25, 0.3) is 0 Å². The minimum atomic E-state index is -0.0708. The lowest BCUT2D eigenvalue weighted by Crippen LogP contribution is -2.14. The van der Waals surface area contributed by atoms with Crippen molar-refractivity contribution < 1.29 is 9.90 Å². The highest BCUT2D eigenvalue weighted by molar-refractivity contribution is 7.99. The van der Waals surface area contributed by atoms with Gasteiger partial charge >= 0.3 is 0 Å². The highest BCUT2D eigenvalue weighted by Crippen LogP contribution is 2.18. The fourth-order valence-corrected chi connectivity index (χ4v) is 2.85. The summed E-state index contributed by atoms with van der Waals surface area (Å²) in [5.74, 6) is 0.210. The zero-order valence-corrected chi connectivity index (χ0v) is 13.2. The molecule has 1 amide bonds. The van der Waals surface area contributed by atoms with E-state index in [1.807, 2.05) is 33.0 Å². The fourth-order valence-electron chi connectivity index (χ4n) is 2.08. The van der Waals surface area contributed by atoms with Gasteiger partial charge in [-0.05, 0) is 37.1 Å². The molecule has 0 saturated heterocycles. The number of benzene rings is 1. The highest BCUT2D eigenvalue weighted by Gasteiger charge is 2.09. The molecule has 0 bridgehead atoms. The number of carbonyl (C=O) groups excluding carboxylic acids is 1. The van der Waals surface area contributed by atoms with Crippen molar-refractivity contribution in [1.82, 2.24) is 9.55 Å². The molecule has 0 aliphatic carbocycles. The van der Waals surface area contributed by atoms with Crippen LogP contribution in [0.4, 0.5) is 5.69 Å². The number of hydrogen-bond acceptors (Lipinski definition) is 4. The van der Waals surface area contributed by atoms with Crippen LogP contribution in [0.15, 0.2) is 29.6 Å². The molecule has 0 aliphatic heterocycles. The van der Waals surface area contributed by atoms with Crippen LogP contribution in [0.5, 0.6) is 0 Å². The maximum Gasteiger partial charge on any atom is 0.234 e. The van der Waals surface area contributed by atoms with Crippen molar-refractivity contribution in [1.29, 1.82) is 0 Å². The number of nitrogens with zero attached hydrogens (tertiary/aromatic N) is 2. The third-order valence-electron chi connectivity index (χ3n) is 3.04. The molecule has 5 nitrogen and oxygen atoms in total. The molecule has 2 rings (SSSR count). The molecule has 6 heteroatoms. The Bertz CT molecular complexity index is 632. The normalized spacial score (nSPS) is 10.7. The molecule has 1 aromatic heterocycles. The summed E-state index contributed by atoms with van der Waals surface area (Å²) < 4.78 is 1.79. The first-order valence-electron chi connectivity index (χ1n) is 6.62. The number of carbonyl (C=O) groups is 1. The van der Waals surface area contributed by atoms with E-state index in [-0.39, 0.29) is 18.3 Å². The van der Waals surface area contributed by atoms with Crippen LogP contribution in [0.3, 0.4) is 0 Å². The van der Waals surface area contributed by atoms with E-state index >= 15 is 0 Å². The molecule has 0 fully saturated rings. The summed E-state index contributed by atoms with van der Waals surface area (Å²) in [6, 6.07) is 5.95. The van der Waals surface area contributed by atoms with Gasteiger partial charge in [0.2, 0.25) is 5.91 Å². The number of hydrogen-bond donors (Lipinski definition) is 2. The minimum Gasteiger partial charge on any atom is -0.390 e. The van der Waals surface area contributed by atoms with E-state index in [1.165, 1.54) is 11.8 Å². The van der Waals surface area contributed by atoms with E-state index in [9.17, 15) is 4.79 Å². The monoisotopic (exact) mass is 305 g/mol. The Labute approximate surface area is 128 Å². The van der Waals surface area contributed by atoms with Crippen LogP contribution in [0.2, 0.25) is 0 Å². The smallest absolute Gasteiger partial charge is 0.234 e. The second kappa shape index (κ2) is 6.78. The largest absolute Gasteiger partial charge is 0.390 e. The zero-order valence-electron chi connectivity index (χ0n) is 12.4. The van der Waals surface area contributed by atoms with Crippen LogP contribution in [-0.2, 0) is 18.4 Å². The minimum absolute atomic E-state index is 0.0567. The van der Waals surface area contributed by atoms with Crippen LogP contribution in [0, 0.1) is 13.8 Å². The fraction of sp³-hybridized carbons (Fsp3) is 0.333. The van der Waals surface area contributed by atoms with Gasteiger partial charge in [-0.2, -0.15) is 0 Å². The Morgan fingerprint density at radius 1 is 1.33 bits per heavy atom. The lowest BCUT2D eigenvalue weighted by Gasteiger charge is -2.08. The number of thioether (sulfide) groups is 1. The molecule has 112 valence electrons. The molecule has 2 aromatic rings. The Balaban J connectivity index is 1.94. The average Bonchev–Trinajstić information content (AvgIpc) is 2.75. The van der Waals surface area contributed by atoms with Gasteiger partial charge in [0.05, 0.1) is 24.3 Å². The molecule has 0 unspecified atom stereocenters. The van der Waals surface area contributed by atoms with Crippen LogP contribution in [0.1, 0.15) is 16.8 Å². The third-order valence-corrected chi connectivity index (χ3v) is 4.09. The van der Waals surface area contributed by atoms with Gasteiger partial charge in [0.15, 0.2) is 5.16 Å².